The smallest absolute Gasteiger partial charge is 0.333 e. The van der Waals surface area contributed by atoms with Crippen LogP contribution in [0.3, 0.4) is 0 Å². The van der Waals surface area contributed by atoms with Crippen molar-refractivity contribution in [2.24, 2.45) is 16.7 Å². The van der Waals surface area contributed by atoms with Crippen LogP contribution in [0.15, 0.2) is 11.6 Å². The molecule has 2 aliphatic carbocycles. The molecule has 0 amide bonds. The lowest BCUT2D eigenvalue weighted by Crippen LogP contribution is -2.52. The van der Waals surface area contributed by atoms with Crippen molar-refractivity contribution in [1.29, 1.82) is 0 Å². The monoisotopic (exact) mass is 250 g/mol. The van der Waals surface area contributed by atoms with E-state index in [1.165, 1.54) is 25.3 Å². The molecule has 0 unspecified atom stereocenters. The maximum absolute atomic E-state index is 11.4. The zero-order valence-corrected chi connectivity index (χ0v) is 11.5. The van der Waals surface area contributed by atoms with Gasteiger partial charge in [0, 0.05) is 18.1 Å². The maximum atomic E-state index is 11.4. The van der Waals surface area contributed by atoms with Gasteiger partial charge in [0.2, 0.25) is 5.79 Å². The molecule has 3 heteroatoms. The average Bonchev–Trinajstić information content (AvgIpc) is 2.49. The van der Waals surface area contributed by atoms with E-state index in [0.717, 1.165) is 12.0 Å². The van der Waals surface area contributed by atoms with Crippen LogP contribution >= 0.6 is 0 Å². The molecule has 3 atom stereocenters. The van der Waals surface area contributed by atoms with Crippen LogP contribution in [-0.2, 0) is 9.53 Å². The Morgan fingerprint density at radius 2 is 2.06 bits per heavy atom. The number of carbonyl (C=O) groups excluding carboxylic acids is 1. The Balaban J connectivity index is 2.00. The third kappa shape index (κ3) is 1.56. The van der Waals surface area contributed by atoms with E-state index in [1.807, 2.05) is 0 Å². The second kappa shape index (κ2) is 3.38. The molecule has 1 heterocycles. The van der Waals surface area contributed by atoms with Crippen molar-refractivity contribution in [3.05, 3.63) is 11.6 Å². The summed E-state index contributed by atoms with van der Waals surface area (Å²) in [6.45, 7) is 6.87. The largest absolute Gasteiger partial charge is 0.426 e. The van der Waals surface area contributed by atoms with Crippen LogP contribution in [-0.4, -0.2) is 16.9 Å². The first-order valence-corrected chi connectivity index (χ1v) is 6.92. The van der Waals surface area contributed by atoms with Gasteiger partial charge in [-0.15, -0.1) is 0 Å². The van der Waals surface area contributed by atoms with Gasteiger partial charge >= 0.3 is 5.97 Å². The van der Waals surface area contributed by atoms with E-state index in [9.17, 15) is 9.90 Å². The summed E-state index contributed by atoms with van der Waals surface area (Å²) >= 11 is 0. The number of fused-ring (bicyclic) bond motifs is 2. The van der Waals surface area contributed by atoms with E-state index in [0.29, 0.717) is 12.3 Å². The summed E-state index contributed by atoms with van der Waals surface area (Å²) in [7, 11) is 0. The summed E-state index contributed by atoms with van der Waals surface area (Å²) in [5.41, 5.74) is 1.21. The molecule has 0 bridgehead atoms. The van der Waals surface area contributed by atoms with Gasteiger partial charge in [0.05, 0.1) is 0 Å². The van der Waals surface area contributed by atoms with Gasteiger partial charge in [0.15, 0.2) is 0 Å². The maximum Gasteiger partial charge on any atom is 0.333 e. The lowest BCUT2D eigenvalue weighted by atomic mass is 9.50. The molecule has 2 fully saturated rings. The molecule has 1 N–H and O–H groups in total. The lowest BCUT2D eigenvalue weighted by Gasteiger charge is -2.56. The highest BCUT2D eigenvalue weighted by atomic mass is 16.7. The first-order valence-electron chi connectivity index (χ1n) is 6.92. The van der Waals surface area contributed by atoms with Crippen molar-refractivity contribution in [1.82, 2.24) is 0 Å². The van der Waals surface area contributed by atoms with Crippen LogP contribution in [0.5, 0.6) is 0 Å². The number of hydrogen-bond acceptors (Lipinski definition) is 3. The molecular formula is C15H22O3. The fourth-order valence-corrected chi connectivity index (χ4v) is 4.56. The Morgan fingerprint density at radius 3 is 2.78 bits per heavy atom. The predicted molar refractivity (Wildman–Crippen MR) is 67.6 cm³/mol. The van der Waals surface area contributed by atoms with Crippen molar-refractivity contribution >= 4 is 5.97 Å². The second-order valence-corrected chi connectivity index (χ2v) is 7.30. The number of aliphatic hydroxyl groups is 1. The van der Waals surface area contributed by atoms with Gasteiger partial charge in [-0.25, -0.2) is 4.79 Å². The second-order valence-electron chi connectivity index (χ2n) is 7.30. The van der Waals surface area contributed by atoms with Gasteiger partial charge in [-0.1, -0.05) is 27.2 Å². The Kier molecular flexibility index (Phi) is 2.30. The Labute approximate surface area is 108 Å². The van der Waals surface area contributed by atoms with Gasteiger partial charge in [0.25, 0.3) is 0 Å². The molecule has 3 aliphatic rings. The van der Waals surface area contributed by atoms with Gasteiger partial charge in [-0.05, 0) is 36.0 Å². The summed E-state index contributed by atoms with van der Waals surface area (Å²) in [6, 6.07) is 0. The molecule has 0 radical (unpaired) electrons. The quantitative estimate of drug-likeness (QED) is 0.672. The van der Waals surface area contributed by atoms with Crippen molar-refractivity contribution in [2.75, 3.05) is 0 Å². The molecule has 3 nitrogen and oxygen atoms in total. The van der Waals surface area contributed by atoms with Crippen LogP contribution in [0.25, 0.3) is 0 Å². The standard InChI is InChI=1S/C15H22O3/c1-13(2)5-4-6-14(3)8-10-7-12(16)18-15(10,17)9-11(13)14/h7,11,17H,4-6,8-9H2,1-3H3/t11-,14+,15-/m1/s1. The van der Waals surface area contributed by atoms with E-state index in [4.69, 9.17) is 4.74 Å². The minimum atomic E-state index is -1.31. The van der Waals surface area contributed by atoms with E-state index >= 15 is 0 Å². The first kappa shape index (κ1) is 12.2. The fraction of sp³-hybridized carbons (Fsp3) is 0.800. The van der Waals surface area contributed by atoms with Gasteiger partial charge in [-0.3, -0.25) is 0 Å². The highest BCUT2D eigenvalue weighted by Crippen LogP contribution is 2.61. The molecule has 0 aromatic carbocycles. The normalized spacial score (nSPS) is 45.9. The van der Waals surface area contributed by atoms with Crippen LogP contribution < -0.4 is 0 Å². The van der Waals surface area contributed by atoms with E-state index in [-0.39, 0.29) is 16.8 Å². The fourth-order valence-electron chi connectivity index (χ4n) is 4.56. The summed E-state index contributed by atoms with van der Waals surface area (Å²) in [4.78, 5) is 11.4. The average molecular weight is 250 g/mol. The topological polar surface area (TPSA) is 46.5 Å². The van der Waals surface area contributed by atoms with Gasteiger partial charge in [0.1, 0.15) is 0 Å². The number of ether oxygens (including phenoxy) is 1. The van der Waals surface area contributed by atoms with Crippen molar-refractivity contribution in [3.8, 4) is 0 Å². The molecule has 0 saturated heterocycles. The Hall–Kier alpha value is -0.830. The van der Waals surface area contributed by atoms with Crippen molar-refractivity contribution < 1.29 is 14.6 Å². The molecule has 0 aromatic rings. The number of esters is 1. The summed E-state index contributed by atoms with van der Waals surface area (Å²) in [5.74, 6) is -1.28. The number of rotatable bonds is 0. The molecule has 0 aromatic heterocycles. The van der Waals surface area contributed by atoms with Crippen LogP contribution in [0.2, 0.25) is 0 Å². The zero-order valence-electron chi connectivity index (χ0n) is 11.5. The molecule has 2 saturated carbocycles. The van der Waals surface area contributed by atoms with E-state index < -0.39 is 5.79 Å². The molecule has 0 spiro atoms. The van der Waals surface area contributed by atoms with Gasteiger partial charge in [-0.2, -0.15) is 0 Å². The predicted octanol–water partition coefficient (Wildman–Crippen LogP) is 2.78. The van der Waals surface area contributed by atoms with Crippen LogP contribution in [0, 0.1) is 16.7 Å². The minimum absolute atomic E-state index is 0.202. The zero-order chi connectivity index (χ0) is 13.2. The lowest BCUT2D eigenvalue weighted by molar-refractivity contribution is -0.211. The molecule has 1 aliphatic heterocycles. The molecular weight excluding hydrogens is 228 g/mol. The van der Waals surface area contributed by atoms with Crippen LogP contribution in [0.4, 0.5) is 0 Å². The Morgan fingerprint density at radius 1 is 1.33 bits per heavy atom. The number of hydrogen-bond donors (Lipinski definition) is 1. The highest BCUT2D eigenvalue weighted by molar-refractivity contribution is 5.86. The number of carbonyl (C=O) groups is 1. The van der Waals surface area contributed by atoms with Crippen molar-refractivity contribution in [2.45, 2.75) is 58.7 Å². The van der Waals surface area contributed by atoms with Crippen LogP contribution in [0.1, 0.15) is 52.9 Å². The van der Waals surface area contributed by atoms with Crippen molar-refractivity contribution in [3.63, 3.8) is 0 Å². The first-order chi connectivity index (χ1) is 8.25. The molecule has 100 valence electrons. The summed E-state index contributed by atoms with van der Waals surface area (Å²) in [6.07, 6.45) is 6.47. The van der Waals surface area contributed by atoms with E-state index in [2.05, 4.69) is 20.8 Å². The highest BCUT2D eigenvalue weighted by Gasteiger charge is 2.58. The van der Waals surface area contributed by atoms with E-state index in [1.54, 1.807) is 0 Å². The SMILES string of the molecule is CC1(C)CCC[C@@]2(C)CC3=CC(=O)O[C@]3(O)C[C@H]12. The molecule has 18 heavy (non-hydrogen) atoms. The Bertz CT molecular complexity index is 437. The summed E-state index contributed by atoms with van der Waals surface area (Å²) in [5, 5.41) is 10.6. The third-order valence-corrected chi connectivity index (χ3v) is 5.49. The molecule has 3 rings (SSSR count). The van der Waals surface area contributed by atoms with Gasteiger partial charge < -0.3 is 9.84 Å². The summed E-state index contributed by atoms with van der Waals surface area (Å²) < 4.78 is 5.16. The third-order valence-electron chi connectivity index (χ3n) is 5.49. The minimum Gasteiger partial charge on any atom is -0.426 e.